The van der Waals surface area contributed by atoms with Crippen LogP contribution in [-0.4, -0.2) is 46.5 Å². The Kier molecular flexibility index (Phi) is 4.12. The molecule has 5 nitrogen and oxygen atoms in total. The Labute approximate surface area is 130 Å². The zero-order valence-corrected chi connectivity index (χ0v) is 12.9. The van der Waals surface area contributed by atoms with Crippen LogP contribution in [0.3, 0.4) is 0 Å². The van der Waals surface area contributed by atoms with Crippen LogP contribution in [0.2, 0.25) is 0 Å². The molecule has 0 N–H and O–H groups in total. The van der Waals surface area contributed by atoms with E-state index in [0.717, 1.165) is 48.2 Å². The number of carbonyl (C=O) groups excluding carboxylic acids is 3. The first kappa shape index (κ1) is 14.3. The van der Waals surface area contributed by atoms with Gasteiger partial charge in [-0.2, -0.15) is 11.3 Å². The maximum Gasteiger partial charge on any atom is 0.294 e. The highest BCUT2D eigenvalue weighted by Crippen LogP contribution is 2.32. The van der Waals surface area contributed by atoms with Crippen molar-refractivity contribution in [3.63, 3.8) is 0 Å². The van der Waals surface area contributed by atoms with E-state index in [9.17, 15) is 14.4 Å². The molecular formula is C14H14N2O3S2. The molecule has 21 heavy (non-hydrogen) atoms. The Hall–Kier alpha value is -1.60. The second-order valence-electron chi connectivity index (χ2n) is 4.91. The van der Waals surface area contributed by atoms with Crippen LogP contribution in [0.1, 0.15) is 18.4 Å². The summed E-state index contributed by atoms with van der Waals surface area (Å²) in [5.41, 5.74) is 0.899. The number of likely N-dealkylation sites (tertiary alicyclic amines) is 1. The van der Waals surface area contributed by atoms with Crippen molar-refractivity contribution in [1.29, 1.82) is 0 Å². The molecule has 0 aromatic carbocycles. The van der Waals surface area contributed by atoms with E-state index < -0.39 is 0 Å². The molecule has 0 radical (unpaired) electrons. The molecule has 7 heteroatoms. The van der Waals surface area contributed by atoms with Gasteiger partial charge in [-0.3, -0.25) is 19.3 Å². The van der Waals surface area contributed by atoms with Gasteiger partial charge in [0.15, 0.2) is 0 Å². The monoisotopic (exact) mass is 322 g/mol. The predicted octanol–water partition coefficient (Wildman–Crippen LogP) is 2.41. The molecule has 0 bridgehead atoms. The quantitative estimate of drug-likeness (QED) is 0.802. The van der Waals surface area contributed by atoms with Gasteiger partial charge in [-0.05, 0) is 53.1 Å². The molecule has 0 unspecified atom stereocenters. The third kappa shape index (κ3) is 3.03. The Morgan fingerprint density at radius 2 is 2.05 bits per heavy atom. The van der Waals surface area contributed by atoms with Crippen molar-refractivity contribution in [1.82, 2.24) is 9.80 Å². The number of amides is 3. The predicted molar refractivity (Wildman–Crippen MR) is 82.8 cm³/mol. The zero-order valence-electron chi connectivity index (χ0n) is 11.3. The molecule has 3 amide bonds. The van der Waals surface area contributed by atoms with Gasteiger partial charge < -0.3 is 4.90 Å². The summed E-state index contributed by atoms with van der Waals surface area (Å²) in [4.78, 5) is 39.4. The van der Waals surface area contributed by atoms with Gasteiger partial charge >= 0.3 is 0 Å². The highest BCUT2D eigenvalue weighted by Gasteiger charge is 2.37. The molecule has 1 aromatic rings. The van der Waals surface area contributed by atoms with E-state index in [1.807, 2.05) is 16.8 Å². The first-order chi connectivity index (χ1) is 10.1. The van der Waals surface area contributed by atoms with E-state index in [0.29, 0.717) is 4.91 Å². The SMILES string of the molecule is O=C(CN1C(=O)S/C(=C/c2ccsc2)C1=O)N1CCCC1. The smallest absolute Gasteiger partial charge is 0.294 e. The molecule has 3 heterocycles. The number of thioether (sulfide) groups is 1. The van der Waals surface area contributed by atoms with Crippen LogP contribution in [0.5, 0.6) is 0 Å². The van der Waals surface area contributed by atoms with E-state index >= 15 is 0 Å². The summed E-state index contributed by atoms with van der Waals surface area (Å²) < 4.78 is 0. The lowest BCUT2D eigenvalue weighted by Crippen LogP contribution is -2.40. The maximum atomic E-state index is 12.2. The minimum absolute atomic E-state index is 0.147. The summed E-state index contributed by atoms with van der Waals surface area (Å²) >= 11 is 2.43. The van der Waals surface area contributed by atoms with Crippen molar-refractivity contribution in [2.75, 3.05) is 19.6 Å². The molecule has 2 fully saturated rings. The average Bonchev–Trinajstić information content (AvgIpc) is 3.18. The van der Waals surface area contributed by atoms with Crippen molar-refractivity contribution in [3.05, 3.63) is 27.3 Å². The van der Waals surface area contributed by atoms with E-state index in [4.69, 9.17) is 0 Å². The third-order valence-electron chi connectivity index (χ3n) is 3.47. The first-order valence-corrected chi connectivity index (χ1v) is 8.46. The van der Waals surface area contributed by atoms with Gasteiger partial charge in [0.2, 0.25) is 5.91 Å². The van der Waals surface area contributed by atoms with Crippen LogP contribution in [0.15, 0.2) is 21.7 Å². The summed E-state index contributed by atoms with van der Waals surface area (Å²) in [5, 5.41) is 3.45. The minimum Gasteiger partial charge on any atom is -0.341 e. The number of thiophene rings is 1. The Balaban J connectivity index is 1.70. The number of rotatable bonds is 3. The van der Waals surface area contributed by atoms with Crippen LogP contribution < -0.4 is 0 Å². The minimum atomic E-state index is -0.372. The zero-order chi connectivity index (χ0) is 14.8. The van der Waals surface area contributed by atoms with Crippen molar-refractivity contribution in [2.45, 2.75) is 12.8 Å². The fourth-order valence-electron chi connectivity index (χ4n) is 2.35. The summed E-state index contributed by atoms with van der Waals surface area (Å²) in [5.74, 6) is -0.518. The second-order valence-corrected chi connectivity index (χ2v) is 6.69. The van der Waals surface area contributed by atoms with Gasteiger partial charge in [0.1, 0.15) is 6.54 Å². The molecular weight excluding hydrogens is 308 g/mol. The fraction of sp³-hybridized carbons (Fsp3) is 0.357. The molecule has 2 saturated heterocycles. The number of carbonyl (C=O) groups is 3. The van der Waals surface area contributed by atoms with Gasteiger partial charge in [-0.25, -0.2) is 0 Å². The largest absolute Gasteiger partial charge is 0.341 e. The Bertz CT molecular complexity index is 604. The molecule has 2 aliphatic heterocycles. The van der Waals surface area contributed by atoms with Crippen molar-refractivity contribution >= 4 is 46.2 Å². The van der Waals surface area contributed by atoms with Gasteiger partial charge in [0.25, 0.3) is 11.1 Å². The highest BCUT2D eigenvalue weighted by molar-refractivity contribution is 8.18. The molecule has 1 aromatic heterocycles. The molecule has 110 valence electrons. The summed E-state index contributed by atoms with van der Waals surface area (Å²) in [7, 11) is 0. The van der Waals surface area contributed by atoms with Crippen molar-refractivity contribution in [2.24, 2.45) is 0 Å². The normalized spacial score (nSPS) is 20.9. The van der Waals surface area contributed by atoms with E-state index in [1.54, 1.807) is 11.0 Å². The van der Waals surface area contributed by atoms with Crippen LogP contribution in [0.4, 0.5) is 4.79 Å². The van der Waals surface area contributed by atoms with Gasteiger partial charge in [0, 0.05) is 13.1 Å². The molecule has 0 saturated carbocycles. The Morgan fingerprint density at radius 3 is 2.71 bits per heavy atom. The van der Waals surface area contributed by atoms with Crippen LogP contribution in [-0.2, 0) is 9.59 Å². The lowest BCUT2D eigenvalue weighted by Gasteiger charge is -2.18. The topological polar surface area (TPSA) is 57.7 Å². The molecule has 2 aliphatic rings. The third-order valence-corrected chi connectivity index (χ3v) is 5.08. The number of hydrogen-bond acceptors (Lipinski definition) is 5. The number of imide groups is 1. The van der Waals surface area contributed by atoms with Crippen LogP contribution >= 0.6 is 23.1 Å². The summed E-state index contributed by atoms with van der Waals surface area (Å²) in [6.45, 7) is 1.30. The standard InChI is InChI=1S/C14H14N2O3S2/c17-12(15-4-1-2-5-15)8-16-13(18)11(21-14(16)19)7-10-3-6-20-9-10/h3,6-7,9H,1-2,4-5,8H2/b11-7+. The summed E-state index contributed by atoms with van der Waals surface area (Å²) in [6, 6.07) is 1.88. The maximum absolute atomic E-state index is 12.2. The molecule has 0 aliphatic carbocycles. The second kappa shape index (κ2) is 6.03. The Morgan fingerprint density at radius 1 is 1.29 bits per heavy atom. The van der Waals surface area contributed by atoms with Gasteiger partial charge in [-0.1, -0.05) is 0 Å². The number of nitrogens with zero attached hydrogens (tertiary/aromatic N) is 2. The fourth-order valence-corrected chi connectivity index (χ4v) is 3.80. The molecule has 0 spiro atoms. The van der Waals surface area contributed by atoms with Gasteiger partial charge in [0.05, 0.1) is 4.91 Å². The molecule has 0 atom stereocenters. The van der Waals surface area contributed by atoms with Crippen molar-refractivity contribution < 1.29 is 14.4 Å². The van der Waals surface area contributed by atoms with E-state index in [2.05, 4.69) is 0 Å². The first-order valence-electron chi connectivity index (χ1n) is 6.70. The molecule has 3 rings (SSSR count). The van der Waals surface area contributed by atoms with Gasteiger partial charge in [-0.15, -0.1) is 0 Å². The van der Waals surface area contributed by atoms with Crippen molar-refractivity contribution in [3.8, 4) is 0 Å². The lowest BCUT2D eigenvalue weighted by molar-refractivity contribution is -0.135. The van der Waals surface area contributed by atoms with Crippen LogP contribution in [0.25, 0.3) is 6.08 Å². The lowest BCUT2D eigenvalue weighted by atomic mass is 10.3. The average molecular weight is 322 g/mol. The number of hydrogen-bond donors (Lipinski definition) is 0. The van der Waals surface area contributed by atoms with Crippen LogP contribution in [0, 0.1) is 0 Å². The summed E-state index contributed by atoms with van der Waals surface area (Å²) in [6.07, 6.45) is 3.68. The van der Waals surface area contributed by atoms with E-state index in [-0.39, 0.29) is 23.6 Å². The van der Waals surface area contributed by atoms with E-state index in [1.165, 1.54) is 11.3 Å². The highest BCUT2D eigenvalue weighted by atomic mass is 32.2.